The summed E-state index contributed by atoms with van der Waals surface area (Å²) in [6.07, 6.45) is 1.98. The fourth-order valence-corrected chi connectivity index (χ4v) is 2.02. The topological polar surface area (TPSA) is 62.1 Å². The number of nitrogens with zero attached hydrogens (tertiary/aromatic N) is 1. The molecule has 0 aromatic rings. The minimum atomic E-state index is -0.709. The molecule has 1 aliphatic rings. The van der Waals surface area contributed by atoms with Gasteiger partial charge in [0.25, 0.3) is 0 Å². The largest absolute Gasteiger partial charge is 0.378 e. The Bertz CT molecular complexity index is 292. The van der Waals surface area contributed by atoms with E-state index in [-0.39, 0.29) is 17.9 Å². The number of carbonyl (C=O) groups is 1. The van der Waals surface area contributed by atoms with Gasteiger partial charge in [-0.3, -0.25) is 4.79 Å². The van der Waals surface area contributed by atoms with E-state index in [1.54, 1.807) is 0 Å². The molecule has 2 atom stereocenters. The maximum absolute atomic E-state index is 12.0. The lowest BCUT2D eigenvalue weighted by molar-refractivity contribution is -0.127. The summed E-state index contributed by atoms with van der Waals surface area (Å²) in [5.74, 6) is -0.152. The molecular formula is C12H20N2O2. The highest BCUT2D eigenvalue weighted by atomic mass is 16.5. The normalized spacial score (nSPS) is 25.1. The standard InChI is InChI=1S/C12H20N2O2/c1-4-12(5-2,8-13)14-11(15)10-6-7-16-9(10)3/h9-10H,4-7H2,1-3H3,(H,14,15). The minimum absolute atomic E-state index is 0.0369. The van der Waals surface area contributed by atoms with E-state index in [1.807, 2.05) is 20.8 Å². The molecule has 1 fully saturated rings. The third-order valence-electron chi connectivity index (χ3n) is 3.50. The Labute approximate surface area is 97.0 Å². The second-order valence-electron chi connectivity index (χ2n) is 4.36. The first-order valence-electron chi connectivity index (χ1n) is 5.93. The van der Waals surface area contributed by atoms with E-state index in [1.165, 1.54) is 0 Å². The van der Waals surface area contributed by atoms with Crippen molar-refractivity contribution in [2.45, 2.75) is 51.7 Å². The molecule has 0 aromatic heterocycles. The molecule has 0 radical (unpaired) electrons. The SMILES string of the molecule is CCC(C#N)(CC)NC(=O)C1CCOC1C. The molecule has 1 saturated heterocycles. The van der Waals surface area contributed by atoms with E-state index in [0.717, 1.165) is 6.42 Å². The highest BCUT2D eigenvalue weighted by Gasteiger charge is 2.35. The smallest absolute Gasteiger partial charge is 0.227 e. The molecule has 1 aliphatic heterocycles. The monoisotopic (exact) mass is 224 g/mol. The van der Waals surface area contributed by atoms with Gasteiger partial charge in [-0.1, -0.05) is 13.8 Å². The van der Waals surface area contributed by atoms with Gasteiger partial charge in [0.15, 0.2) is 0 Å². The van der Waals surface area contributed by atoms with E-state index in [4.69, 9.17) is 10.00 Å². The van der Waals surface area contributed by atoms with Crippen LogP contribution in [0.5, 0.6) is 0 Å². The Balaban J connectivity index is 2.66. The van der Waals surface area contributed by atoms with Crippen LogP contribution in [0.3, 0.4) is 0 Å². The average Bonchev–Trinajstić information content (AvgIpc) is 2.72. The lowest BCUT2D eigenvalue weighted by Gasteiger charge is -2.27. The summed E-state index contributed by atoms with van der Waals surface area (Å²) in [5.41, 5.74) is -0.709. The summed E-state index contributed by atoms with van der Waals surface area (Å²) in [6.45, 7) is 6.38. The Morgan fingerprint density at radius 1 is 1.56 bits per heavy atom. The van der Waals surface area contributed by atoms with Gasteiger partial charge >= 0.3 is 0 Å². The summed E-state index contributed by atoms with van der Waals surface area (Å²) < 4.78 is 5.36. The van der Waals surface area contributed by atoms with Crippen molar-refractivity contribution in [2.75, 3.05) is 6.61 Å². The zero-order chi connectivity index (χ0) is 12.2. The highest BCUT2D eigenvalue weighted by molar-refractivity contribution is 5.80. The maximum atomic E-state index is 12.0. The summed E-state index contributed by atoms with van der Waals surface area (Å²) in [6, 6.07) is 2.21. The summed E-state index contributed by atoms with van der Waals surface area (Å²) in [4.78, 5) is 12.0. The van der Waals surface area contributed by atoms with Gasteiger partial charge < -0.3 is 10.1 Å². The van der Waals surface area contributed by atoms with E-state index in [2.05, 4.69) is 11.4 Å². The molecule has 1 heterocycles. The zero-order valence-electron chi connectivity index (χ0n) is 10.2. The van der Waals surface area contributed by atoms with Crippen LogP contribution < -0.4 is 5.32 Å². The molecule has 0 aromatic carbocycles. The minimum Gasteiger partial charge on any atom is -0.378 e. The maximum Gasteiger partial charge on any atom is 0.227 e. The fourth-order valence-electron chi connectivity index (χ4n) is 2.02. The molecule has 0 saturated carbocycles. The number of amides is 1. The van der Waals surface area contributed by atoms with Gasteiger partial charge in [0.2, 0.25) is 5.91 Å². The zero-order valence-corrected chi connectivity index (χ0v) is 10.2. The number of carbonyl (C=O) groups excluding carboxylic acids is 1. The quantitative estimate of drug-likeness (QED) is 0.789. The van der Waals surface area contributed by atoms with Crippen LogP contribution in [0.2, 0.25) is 0 Å². The second-order valence-corrected chi connectivity index (χ2v) is 4.36. The van der Waals surface area contributed by atoms with Gasteiger partial charge in [0.1, 0.15) is 5.54 Å². The van der Waals surface area contributed by atoms with E-state index in [9.17, 15) is 4.79 Å². The highest BCUT2D eigenvalue weighted by Crippen LogP contribution is 2.22. The molecule has 0 aliphatic carbocycles. The summed E-state index contributed by atoms with van der Waals surface area (Å²) in [7, 11) is 0. The summed E-state index contributed by atoms with van der Waals surface area (Å²) in [5, 5.41) is 12.0. The van der Waals surface area contributed by atoms with Crippen molar-refractivity contribution in [3.8, 4) is 6.07 Å². The number of hydrogen-bond donors (Lipinski definition) is 1. The first kappa shape index (κ1) is 13.0. The Morgan fingerprint density at radius 3 is 2.56 bits per heavy atom. The van der Waals surface area contributed by atoms with Gasteiger partial charge in [-0.25, -0.2) is 0 Å². The van der Waals surface area contributed by atoms with Crippen molar-refractivity contribution in [3.63, 3.8) is 0 Å². The van der Waals surface area contributed by atoms with Gasteiger partial charge in [0, 0.05) is 6.61 Å². The molecule has 0 spiro atoms. The second kappa shape index (κ2) is 5.31. The van der Waals surface area contributed by atoms with Crippen LogP contribution in [0.25, 0.3) is 0 Å². The lowest BCUT2D eigenvalue weighted by atomic mass is 9.92. The van der Waals surface area contributed by atoms with Crippen LogP contribution in [0, 0.1) is 17.2 Å². The van der Waals surface area contributed by atoms with Crippen molar-refractivity contribution in [2.24, 2.45) is 5.92 Å². The predicted octanol–water partition coefficient (Wildman–Crippen LogP) is 1.61. The van der Waals surface area contributed by atoms with Gasteiger partial charge in [-0.05, 0) is 26.2 Å². The van der Waals surface area contributed by atoms with E-state index >= 15 is 0 Å². The molecule has 2 unspecified atom stereocenters. The summed E-state index contributed by atoms with van der Waals surface area (Å²) >= 11 is 0. The molecule has 16 heavy (non-hydrogen) atoms. The van der Waals surface area contributed by atoms with Crippen LogP contribution in [-0.4, -0.2) is 24.2 Å². The molecule has 4 nitrogen and oxygen atoms in total. The third-order valence-corrected chi connectivity index (χ3v) is 3.50. The molecule has 1 amide bonds. The Morgan fingerprint density at radius 2 is 2.19 bits per heavy atom. The van der Waals surface area contributed by atoms with E-state index in [0.29, 0.717) is 19.4 Å². The number of rotatable bonds is 4. The van der Waals surface area contributed by atoms with Crippen molar-refractivity contribution in [1.29, 1.82) is 5.26 Å². The van der Waals surface area contributed by atoms with Crippen LogP contribution in [0.4, 0.5) is 0 Å². The molecule has 1 rings (SSSR count). The van der Waals surface area contributed by atoms with Gasteiger partial charge in [-0.2, -0.15) is 5.26 Å². The molecule has 0 bridgehead atoms. The number of nitrogens with one attached hydrogen (secondary N) is 1. The molecule has 90 valence electrons. The van der Waals surface area contributed by atoms with Crippen LogP contribution in [0.15, 0.2) is 0 Å². The Hall–Kier alpha value is -1.08. The first-order chi connectivity index (χ1) is 7.58. The Kier molecular flexibility index (Phi) is 4.31. The van der Waals surface area contributed by atoms with E-state index < -0.39 is 5.54 Å². The molecular weight excluding hydrogens is 204 g/mol. The van der Waals surface area contributed by atoms with Crippen molar-refractivity contribution in [1.82, 2.24) is 5.32 Å². The molecule has 4 heteroatoms. The predicted molar refractivity (Wildman–Crippen MR) is 60.6 cm³/mol. The van der Waals surface area contributed by atoms with Crippen LogP contribution in [0.1, 0.15) is 40.0 Å². The average molecular weight is 224 g/mol. The number of nitriles is 1. The fraction of sp³-hybridized carbons (Fsp3) is 0.833. The molecule has 1 N–H and O–H groups in total. The first-order valence-corrected chi connectivity index (χ1v) is 5.93. The van der Waals surface area contributed by atoms with Crippen LogP contribution in [-0.2, 0) is 9.53 Å². The van der Waals surface area contributed by atoms with Crippen molar-refractivity contribution >= 4 is 5.91 Å². The van der Waals surface area contributed by atoms with Gasteiger partial charge in [-0.15, -0.1) is 0 Å². The number of ether oxygens (including phenoxy) is 1. The van der Waals surface area contributed by atoms with Gasteiger partial charge in [0.05, 0.1) is 18.1 Å². The third kappa shape index (κ3) is 2.53. The number of hydrogen-bond acceptors (Lipinski definition) is 3. The van der Waals surface area contributed by atoms with Crippen molar-refractivity contribution < 1.29 is 9.53 Å². The van der Waals surface area contributed by atoms with Crippen molar-refractivity contribution in [3.05, 3.63) is 0 Å². The van der Waals surface area contributed by atoms with Crippen LogP contribution >= 0.6 is 0 Å². The lowest BCUT2D eigenvalue weighted by Crippen LogP contribution is -2.49.